The molecule has 0 saturated carbocycles. The van der Waals surface area contributed by atoms with Crippen molar-refractivity contribution < 1.29 is 28.2 Å². The maximum Gasteiger partial charge on any atom is 0.355 e. The molecule has 0 fully saturated rings. The van der Waals surface area contributed by atoms with Crippen LogP contribution in [0.2, 0.25) is 0 Å². The van der Waals surface area contributed by atoms with E-state index >= 15 is 0 Å². The van der Waals surface area contributed by atoms with Crippen molar-refractivity contribution in [3.8, 4) is 17.2 Å². The van der Waals surface area contributed by atoms with E-state index < -0.39 is 5.97 Å². The maximum atomic E-state index is 13.4. The van der Waals surface area contributed by atoms with Crippen LogP contribution < -0.4 is 14.8 Å². The molecule has 0 aliphatic heterocycles. The summed E-state index contributed by atoms with van der Waals surface area (Å²) in [5.74, 6) is -0.212. The van der Waals surface area contributed by atoms with Crippen molar-refractivity contribution in [1.29, 1.82) is 0 Å². The number of nitrogens with zero attached hydrogens (tertiary/aromatic N) is 2. The van der Waals surface area contributed by atoms with Crippen LogP contribution in [0.15, 0.2) is 60.8 Å². The first-order chi connectivity index (χ1) is 16.8. The molecular weight excluding hydrogens is 453 g/mol. The summed E-state index contributed by atoms with van der Waals surface area (Å²) in [6.07, 6.45) is 1.48. The number of methoxy groups -OCH3 is 2. The average molecular weight is 480 g/mol. The SMILES string of the molecule is COc1ccc(NC(=O)Cn2c(C(=O)OC(C)C)cc3c2ccn3-c2ccc(F)cc2)cc1OC. The number of carbonyl (C=O) groups excluding carboxylic acids is 2. The van der Waals surface area contributed by atoms with Gasteiger partial charge in [0, 0.05) is 23.6 Å². The molecule has 0 spiro atoms. The van der Waals surface area contributed by atoms with E-state index in [1.54, 1.807) is 67.1 Å². The summed E-state index contributed by atoms with van der Waals surface area (Å²) in [6, 6.07) is 14.5. The third-order valence-electron chi connectivity index (χ3n) is 5.38. The Labute approximate surface area is 201 Å². The summed E-state index contributed by atoms with van der Waals surface area (Å²) >= 11 is 0. The second kappa shape index (κ2) is 9.92. The van der Waals surface area contributed by atoms with Crippen LogP contribution in [0.1, 0.15) is 24.3 Å². The topological polar surface area (TPSA) is 83.7 Å². The Kier molecular flexibility index (Phi) is 6.77. The normalized spacial score (nSPS) is 11.0. The molecule has 0 aliphatic carbocycles. The molecule has 0 saturated heterocycles. The minimum Gasteiger partial charge on any atom is -0.493 e. The molecule has 1 amide bonds. The van der Waals surface area contributed by atoms with Crippen LogP contribution in [-0.2, 0) is 16.1 Å². The van der Waals surface area contributed by atoms with Crippen LogP contribution in [0, 0.1) is 5.82 Å². The van der Waals surface area contributed by atoms with Crippen LogP contribution in [0.4, 0.5) is 10.1 Å². The molecule has 182 valence electrons. The van der Waals surface area contributed by atoms with Crippen molar-refractivity contribution in [1.82, 2.24) is 9.13 Å². The summed E-state index contributed by atoms with van der Waals surface area (Å²) in [4.78, 5) is 25.9. The summed E-state index contributed by atoms with van der Waals surface area (Å²) in [7, 11) is 3.04. The number of anilines is 1. The number of fused-ring (bicyclic) bond motifs is 1. The predicted octanol–water partition coefficient (Wildman–Crippen LogP) is 4.79. The zero-order valence-electron chi connectivity index (χ0n) is 19.9. The largest absolute Gasteiger partial charge is 0.493 e. The number of aromatic nitrogens is 2. The van der Waals surface area contributed by atoms with E-state index in [2.05, 4.69) is 5.32 Å². The average Bonchev–Trinajstić information content (AvgIpc) is 3.39. The molecule has 9 heteroatoms. The monoisotopic (exact) mass is 479 g/mol. The zero-order chi connectivity index (χ0) is 25.1. The molecule has 2 aromatic heterocycles. The van der Waals surface area contributed by atoms with Crippen LogP contribution >= 0.6 is 0 Å². The zero-order valence-corrected chi connectivity index (χ0v) is 19.9. The van der Waals surface area contributed by atoms with E-state index in [9.17, 15) is 14.0 Å². The lowest BCUT2D eigenvalue weighted by Crippen LogP contribution is -2.23. The molecular formula is C26H26FN3O5. The number of rotatable bonds is 8. The molecule has 4 aromatic rings. The highest BCUT2D eigenvalue weighted by atomic mass is 19.1. The second-order valence-electron chi connectivity index (χ2n) is 8.12. The van der Waals surface area contributed by atoms with Crippen molar-refractivity contribution >= 4 is 28.6 Å². The van der Waals surface area contributed by atoms with E-state index in [0.717, 1.165) is 5.69 Å². The first-order valence-corrected chi connectivity index (χ1v) is 11.0. The van der Waals surface area contributed by atoms with Crippen molar-refractivity contribution in [2.24, 2.45) is 0 Å². The smallest absolute Gasteiger partial charge is 0.355 e. The van der Waals surface area contributed by atoms with Gasteiger partial charge in [-0.15, -0.1) is 0 Å². The molecule has 35 heavy (non-hydrogen) atoms. The van der Waals surface area contributed by atoms with Gasteiger partial charge in [-0.3, -0.25) is 4.79 Å². The van der Waals surface area contributed by atoms with Gasteiger partial charge in [-0.2, -0.15) is 0 Å². The van der Waals surface area contributed by atoms with Gasteiger partial charge in [0.2, 0.25) is 5.91 Å². The third-order valence-corrected chi connectivity index (χ3v) is 5.38. The Balaban J connectivity index is 1.69. The number of carbonyl (C=O) groups is 2. The fourth-order valence-electron chi connectivity index (χ4n) is 3.84. The number of ether oxygens (including phenoxy) is 3. The van der Waals surface area contributed by atoms with Crippen LogP contribution in [-0.4, -0.2) is 41.3 Å². The molecule has 0 radical (unpaired) electrons. The van der Waals surface area contributed by atoms with Crippen LogP contribution in [0.5, 0.6) is 11.5 Å². The minimum atomic E-state index is -0.541. The highest BCUT2D eigenvalue weighted by Crippen LogP contribution is 2.30. The fraction of sp³-hybridized carbons (Fsp3) is 0.231. The molecule has 0 bridgehead atoms. The van der Waals surface area contributed by atoms with Gasteiger partial charge in [0.25, 0.3) is 0 Å². The number of halogens is 1. The fourth-order valence-corrected chi connectivity index (χ4v) is 3.84. The lowest BCUT2D eigenvalue weighted by atomic mass is 10.2. The highest BCUT2D eigenvalue weighted by molar-refractivity contribution is 5.98. The first-order valence-electron chi connectivity index (χ1n) is 11.0. The molecule has 1 N–H and O–H groups in total. The lowest BCUT2D eigenvalue weighted by molar-refractivity contribution is -0.116. The van der Waals surface area contributed by atoms with Gasteiger partial charge in [0.1, 0.15) is 18.1 Å². The molecule has 2 heterocycles. The van der Waals surface area contributed by atoms with Gasteiger partial charge >= 0.3 is 5.97 Å². The van der Waals surface area contributed by atoms with Crippen molar-refractivity contribution in [2.75, 3.05) is 19.5 Å². The number of amides is 1. The molecule has 0 unspecified atom stereocenters. The van der Waals surface area contributed by atoms with Crippen molar-refractivity contribution in [3.63, 3.8) is 0 Å². The summed E-state index contributed by atoms with van der Waals surface area (Å²) in [5, 5.41) is 2.83. The first kappa shape index (κ1) is 23.9. The summed E-state index contributed by atoms with van der Waals surface area (Å²) in [6.45, 7) is 3.38. The molecule has 2 aromatic carbocycles. The summed E-state index contributed by atoms with van der Waals surface area (Å²) < 4.78 is 32.8. The number of hydrogen-bond acceptors (Lipinski definition) is 5. The second-order valence-corrected chi connectivity index (χ2v) is 8.12. The van der Waals surface area contributed by atoms with Gasteiger partial charge in [-0.25, -0.2) is 9.18 Å². The molecule has 8 nitrogen and oxygen atoms in total. The van der Waals surface area contributed by atoms with Gasteiger partial charge in [0.05, 0.1) is 31.4 Å². The molecule has 0 atom stereocenters. The standard InChI is InChI=1S/C26H26FN3O5/c1-16(2)35-26(32)22-14-21-20(11-12-29(21)19-8-5-17(27)6-9-19)30(22)15-25(31)28-18-7-10-23(33-3)24(13-18)34-4/h5-14,16H,15H2,1-4H3,(H,28,31). The van der Waals surface area contributed by atoms with Gasteiger partial charge in [0.15, 0.2) is 11.5 Å². The van der Waals surface area contributed by atoms with E-state index in [1.807, 2.05) is 4.57 Å². The number of hydrogen-bond donors (Lipinski definition) is 1. The number of nitrogens with one attached hydrogen (secondary N) is 1. The Morgan fingerprint density at radius 1 is 0.943 bits per heavy atom. The lowest BCUT2D eigenvalue weighted by Gasteiger charge is -2.13. The predicted molar refractivity (Wildman–Crippen MR) is 130 cm³/mol. The maximum absolute atomic E-state index is 13.4. The highest BCUT2D eigenvalue weighted by Gasteiger charge is 2.22. The minimum absolute atomic E-state index is 0.131. The summed E-state index contributed by atoms with van der Waals surface area (Å²) in [5.41, 5.74) is 2.82. The van der Waals surface area contributed by atoms with E-state index in [0.29, 0.717) is 28.2 Å². The van der Waals surface area contributed by atoms with Gasteiger partial charge in [-0.05, 0) is 62.4 Å². The Morgan fingerprint density at radius 2 is 1.66 bits per heavy atom. The number of esters is 1. The van der Waals surface area contributed by atoms with E-state index in [-0.39, 0.29) is 30.1 Å². The van der Waals surface area contributed by atoms with Gasteiger partial charge < -0.3 is 28.7 Å². The van der Waals surface area contributed by atoms with Gasteiger partial charge in [-0.1, -0.05) is 0 Å². The molecule has 0 aliphatic rings. The number of benzene rings is 2. The third kappa shape index (κ3) is 4.98. The van der Waals surface area contributed by atoms with Crippen LogP contribution in [0.3, 0.4) is 0 Å². The van der Waals surface area contributed by atoms with Crippen LogP contribution in [0.25, 0.3) is 16.7 Å². The van der Waals surface area contributed by atoms with E-state index in [4.69, 9.17) is 14.2 Å². The van der Waals surface area contributed by atoms with Crippen molar-refractivity contribution in [3.05, 3.63) is 72.3 Å². The molecule has 4 rings (SSSR count). The van der Waals surface area contributed by atoms with E-state index in [1.165, 1.54) is 26.4 Å². The Morgan fingerprint density at radius 3 is 2.31 bits per heavy atom. The Hall–Kier alpha value is -4.27. The Bertz CT molecular complexity index is 1370. The van der Waals surface area contributed by atoms with Crippen molar-refractivity contribution in [2.45, 2.75) is 26.5 Å². The quantitative estimate of drug-likeness (QED) is 0.367.